The summed E-state index contributed by atoms with van der Waals surface area (Å²) in [4.78, 5) is 0. The van der Waals surface area contributed by atoms with Crippen molar-refractivity contribution < 1.29 is 4.74 Å². The Kier molecular flexibility index (Phi) is 4.18. The minimum atomic E-state index is 0.672. The summed E-state index contributed by atoms with van der Waals surface area (Å²) in [6.07, 6.45) is 0. The molecule has 0 bridgehead atoms. The van der Waals surface area contributed by atoms with Gasteiger partial charge in [-0.3, -0.25) is 0 Å². The SMILES string of the molecule is CCn1c(C#Cc2cccc(Cl)c2)c(N)c2ccc(OC)cc21. The van der Waals surface area contributed by atoms with Crippen molar-refractivity contribution in [1.29, 1.82) is 0 Å². The summed E-state index contributed by atoms with van der Waals surface area (Å²) in [7, 11) is 1.66. The van der Waals surface area contributed by atoms with E-state index in [-0.39, 0.29) is 0 Å². The molecule has 0 amide bonds. The smallest absolute Gasteiger partial charge is 0.120 e. The highest BCUT2D eigenvalue weighted by Gasteiger charge is 2.13. The molecule has 116 valence electrons. The highest BCUT2D eigenvalue weighted by atomic mass is 35.5. The molecule has 2 N–H and O–H groups in total. The molecule has 0 fully saturated rings. The first kappa shape index (κ1) is 15.3. The van der Waals surface area contributed by atoms with Gasteiger partial charge in [-0.1, -0.05) is 23.6 Å². The van der Waals surface area contributed by atoms with Crippen molar-refractivity contribution in [3.63, 3.8) is 0 Å². The lowest BCUT2D eigenvalue weighted by Gasteiger charge is -2.04. The summed E-state index contributed by atoms with van der Waals surface area (Å²) in [6, 6.07) is 13.4. The lowest BCUT2D eigenvalue weighted by molar-refractivity contribution is 0.415. The van der Waals surface area contributed by atoms with Gasteiger partial charge in [0.1, 0.15) is 11.4 Å². The zero-order valence-electron chi connectivity index (χ0n) is 13.1. The number of fused-ring (bicyclic) bond motifs is 1. The summed E-state index contributed by atoms with van der Waals surface area (Å²) in [5.74, 6) is 7.14. The molecule has 0 atom stereocenters. The summed E-state index contributed by atoms with van der Waals surface area (Å²) >= 11 is 6.00. The van der Waals surface area contributed by atoms with E-state index in [0.717, 1.165) is 34.5 Å². The van der Waals surface area contributed by atoms with E-state index in [4.69, 9.17) is 22.1 Å². The molecule has 4 heteroatoms. The molecule has 0 aliphatic rings. The van der Waals surface area contributed by atoms with Gasteiger partial charge >= 0.3 is 0 Å². The number of benzene rings is 2. The lowest BCUT2D eigenvalue weighted by atomic mass is 10.2. The molecule has 0 spiro atoms. The monoisotopic (exact) mass is 324 g/mol. The molecule has 0 aliphatic heterocycles. The standard InChI is InChI=1S/C19H17ClN2O/c1-3-22-17(10-7-13-5-4-6-14(20)11-13)19(21)16-9-8-15(23-2)12-18(16)22/h4-6,8-9,11-12H,3,21H2,1-2H3. The van der Waals surface area contributed by atoms with Crippen molar-refractivity contribution in [3.8, 4) is 17.6 Å². The van der Waals surface area contributed by atoms with Crippen LogP contribution >= 0.6 is 11.6 Å². The maximum absolute atomic E-state index is 6.31. The Morgan fingerprint density at radius 1 is 1.17 bits per heavy atom. The second-order valence-corrected chi connectivity index (χ2v) is 5.59. The fourth-order valence-corrected chi connectivity index (χ4v) is 2.83. The number of aryl methyl sites for hydroxylation is 1. The second-order valence-electron chi connectivity index (χ2n) is 5.15. The molecule has 3 nitrogen and oxygen atoms in total. The van der Waals surface area contributed by atoms with Gasteiger partial charge in [-0.2, -0.15) is 0 Å². The predicted molar refractivity (Wildman–Crippen MR) is 96.0 cm³/mol. The number of nitrogen functional groups attached to an aromatic ring is 1. The average Bonchev–Trinajstić information content (AvgIpc) is 2.84. The molecule has 0 radical (unpaired) electrons. The van der Waals surface area contributed by atoms with Gasteiger partial charge in [0, 0.05) is 28.6 Å². The molecule has 1 aromatic heterocycles. The van der Waals surface area contributed by atoms with Gasteiger partial charge in [0.15, 0.2) is 0 Å². The van der Waals surface area contributed by atoms with Gasteiger partial charge in [0.05, 0.1) is 18.3 Å². The van der Waals surface area contributed by atoms with Crippen molar-refractivity contribution in [2.75, 3.05) is 12.8 Å². The van der Waals surface area contributed by atoms with E-state index in [1.54, 1.807) is 7.11 Å². The number of hydrogen-bond acceptors (Lipinski definition) is 2. The Labute approximate surface area is 140 Å². The van der Waals surface area contributed by atoms with Gasteiger partial charge < -0.3 is 15.0 Å². The first-order valence-electron chi connectivity index (χ1n) is 7.37. The number of aromatic nitrogens is 1. The Morgan fingerprint density at radius 3 is 2.70 bits per heavy atom. The van der Waals surface area contributed by atoms with Gasteiger partial charge in [0.25, 0.3) is 0 Å². The largest absolute Gasteiger partial charge is 0.497 e. The highest BCUT2D eigenvalue weighted by Crippen LogP contribution is 2.31. The van der Waals surface area contributed by atoms with E-state index in [1.165, 1.54) is 0 Å². The van der Waals surface area contributed by atoms with Crippen LogP contribution in [0.3, 0.4) is 0 Å². The van der Waals surface area contributed by atoms with Crippen molar-refractivity contribution in [2.24, 2.45) is 0 Å². The fraction of sp³-hybridized carbons (Fsp3) is 0.158. The van der Waals surface area contributed by atoms with Crippen LogP contribution in [0.5, 0.6) is 5.75 Å². The topological polar surface area (TPSA) is 40.2 Å². The maximum Gasteiger partial charge on any atom is 0.120 e. The van der Waals surface area contributed by atoms with Crippen LogP contribution in [-0.2, 0) is 6.54 Å². The average molecular weight is 325 g/mol. The van der Waals surface area contributed by atoms with Crippen molar-refractivity contribution in [3.05, 3.63) is 58.7 Å². The Bertz CT molecular complexity index is 932. The third-order valence-electron chi connectivity index (χ3n) is 3.78. The summed E-state index contributed by atoms with van der Waals surface area (Å²) in [5, 5.41) is 1.66. The molecule has 0 aliphatic carbocycles. The van der Waals surface area contributed by atoms with Crippen LogP contribution in [0.15, 0.2) is 42.5 Å². The Balaban J connectivity index is 2.16. The molecule has 1 heterocycles. The van der Waals surface area contributed by atoms with Crippen LogP contribution in [0.4, 0.5) is 5.69 Å². The van der Waals surface area contributed by atoms with Gasteiger partial charge in [-0.05, 0) is 43.2 Å². The van der Waals surface area contributed by atoms with Gasteiger partial charge in [-0.15, -0.1) is 0 Å². The molecule has 2 aromatic carbocycles. The number of methoxy groups -OCH3 is 1. The Morgan fingerprint density at radius 2 is 2.00 bits per heavy atom. The highest BCUT2D eigenvalue weighted by molar-refractivity contribution is 6.30. The van der Waals surface area contributed by atoms with E-state index in [0.29, 0.717) is 10.7 Å². The molecule has 3 rings (SSSR count). The number of ether oxygens (including phenoxy) is 1. The fourth-order valence-electron chi connectivity index (χ4n) is 2.64. The summed E-state index contributed by atoms with van der Waals surface area (Å²) < 4.78 is 7.41. The van der Waals surface area contributed by atoms with E-state index >= 15 is 0 Å². The molecule has 23 heavy (non-hydrogen) atoms. The van der Waals surface area contributed by atoms with E-state index in [9.17, 15) is 0 Å². The van der Waals surface area contributed by atoms with Crippen LogP contribution in [0.1, 0.15) is 18.2 Å². The van der Waals surface area contributed by atoms with Crippen molar-refractivity contribution >= 4 is 28.2 Å². The van der Waals surface area contributed by atoms with Crippen LogP contribution in [0.2, 0.25) is 5.02 Å². The van der Waals surface area contributed by atoms with Crippen LogP contribution < -0.4 is 10.5 Å². The quantitative estimate of drug-likeness (QED) is 0.714. The lowest BCUT2D eigenvalue weighted by Crippen LogP contribution is -1.99. The van der Waals surface area contributed by atoms with Gasteiger partial charge in [0.2, 0.25) is 0 Å². The zero-order valence-corrected chi connectivity index (χ0v) is 13.8. The van der Waals surface area contributed by atoms with E-state index in [2.05, 4.69) is 23.3 Å². The number of rotatable bonds is 2. The third kappa shape index (κ3) is 2.86. The molecule has 0 saturated heterocycles. The summed E-state index contributed by atoms with van der Waals surface area (Å²) in [5.41, 5.74) is 9.71. The normalized spacial score (nSPS) is 10.4. The van der Waals surface area contributed by atoms with E-state index < -0.39 is 0 Å². The molecule has 3 aromatic rings. The van der Waals surface area contributed by atoms with Crippen LogP contribution in [0, 0.1) is 11.8 Å². The molecule has 0 unspecified atom stereocenters. The molecular weight excluding hydrogens is 308 g/mol. The van der Waals surface area contributed by atoms with Gasteiger partial charge in [-0.25, -0.2) is 0 Å². The number of anilines is 1. The number of nitrogens with zero attached hydrogens (tertiary/aromatic N) is 1. The predicted octanol–water partition coefficient (Wildman–Crippen LogP) is 4.31. The van der Waals surface area contributed by atoms with Crippen molar-refractivity contribution in [2.45, 2.75) is 13.5 Å². The van der Waals surface area contributed by atoms with E-state index in [1.807, 2.05) is 42.5 Å². The van der Waals surface area contributed by atoms with Crippen molar-refractivity contribution in [1.82, 2.24) is 4.57 Å². The number of hydrogen-bond donors (Lipinski definition) is 1. The first-order chi connectivity index (χ1) is 11.1. The number of nitrogens with two attached hydrogens (primary N) is 1. The zero-order chi connectivity index (χ0) is 16.4. The third-order valence-corrected chi connectivity index (χ3v) is 4.01. The minimum Gasteiger partial charge on any atom is -0.497 e. The Hall–Kier alpha value is -2.57. The van der Waals surface area contributed by atoms with Crippen LogP contribution in [0.25, 0.3) is 10.9 Å². The minimum absolute atomic E-state index is 0.672. The number of halogens is 1. The second kappa shape index (κ2) is 6.28. The maximum atomic E-state index is 6.31. The molecule has 0 saturated carbocycles. The molecular formula is C19H17ClN2O. The first-order valence-corrected chi connectivity index (χ1v) is 7.75. The summed E-state index contributed by atoms with van der Waals surface area (Å²) in [6.45, 7) is 2.85. The van der Waals surface area contributed by atoms with Crippen LogP contribution in [-0.4, -0.2) is 11.7 Å².